The number of aromatic nitrogens is 2. The molecule has 0 atom stereocenters. The van der Waals surface area contributed by atoms with Crippen LogP contribution in [0.25, 0.3) is 0 Å². The van der Waals surface area contributed by atoms with Gasteiger partial charge in [0.2, 0.25) is 13.1 Å². The van der Waals surface area contributed by atoms with Gasteiger partial charge in [0.1, 0.15) is 10.7 Å². The van der Waals surface area contributed by atoms with Crippen molar-refractivity contribution in [1.82, 2.24) is 9.55 Å². The Morgan fingerprint density at radius 2 is 1.97 bits per heavy atom. The van der Waals surface area contributed by atoms with Gasteiger partial charge in [-0.15, -0.1) is 11.8 Å². The standard InChI is InChI=1S/C21H23ClN2O7S/c22-14-9-17-16(30-12-31-17)8-13(14)10-24-15(11-25)20(23-19(24)21-28-5-6-29-21)32-7-3-1-2-4-18(26)27/h8-9,11,21H,1-7,10,12H2,(H,26,27). The molecule has 0 unspecified atom stereocenters. The van der Waals surface area contributed by atoms with Gasteiger partial charge in [0.15, 0.2) is 23.6 Å². The maximum Gasteiger partial charge on any atom is 0.303 e. The van der Waals surface area contributed by atoms with E-state index in [1.807, 2.05) is 0 Å². The van der Waals surface area contributed by atoms with E-state index in [0.717, 1.165) is 24.7 Å². The van der Waals surface area contributed by atoms with E-state index in [1.165, 1.54) is 11.8 Å². The molecule has 32 heavy (non-hydrogen) atoms. The Bertz CT molecular complexity index is 991. The first kappa shape index (κ1) is 22.9. The van der Waals surface area contributed by atoms with Gasteiger partial charge in [0.25, 0.3) is 0 Å². The van der Waals surface area contributed by atoms with Crippen molar-refractivity contribution in [3.8, 4) is 11.5 Å². The Labute approximate surface area is 193 Å². The highest BCUT2D eigenvalue weighted by molar-refractivity contribution is 7.99. The van der Waals surface area contributed by atoms with Gasteiger partial charge in [-0.1, -0.05) is 18.0 Å². The van der Waals surface area contributed by atoms with E-state index in [2.05, 4.69) is 4.98 Å². The molecule has 2 aromatic rings. The van der Waals surface area contributed by atoms with Gasteiger partial charge in [-0.05, 0) is 30.2 Å². The van der Waals surface area contributed by atoms with Crippen LogP contribution in [-0.4, -0.2) is 52.7 Å². The van der Waals surface area contributed by atoms with Gasteiger partial charge in [-0.3, -0.25) is 9.59 Å². The Morgan fingerprint density at radius 1 is 1.22 bits per heavy atom. The number of aldehydes is 1. The molecule has 9 nitrogen and oxygen atoms in total. The summed E-state index contributed by atoms with van der Waals surface area (Å²) in [5, 5.41) is 9.82. The average Bonchev–Trinajstić information content (AvgIpc) is 3.50. The van der Waals surface area contributed by atoms with Gasteiger partial charge in [0.05, 0.1) is 19.8 Å². The lowest BCUT2D eigenvalue weighted by Crippen LogP contribution is -2.13. The lowest BCUT2D eigenvalue weighted by Gasteiger charge is -2.14. The number of thioether (sulfide) groups is 1. The first-order valence-electron chi connectivity index (χ1n) is 10.3. The summed E-state index contributed by atoms with van der Waals surface area (Å²) in [6.45, 7) is 1.33. The topological polar surface area (TPSA) is 109 Å². The zero-order valence-corrected chi connectivity index (χ0v) is 18.8. The summed E-state index contributed by atoms with van der Waals surface area (Å²) in [7, 11) is 0. The van der Waals surface area contributed by atoms with E-state index < -0.39 is 12.3 Å². The molecule has 4 rings (SSSR count). The SMILES string of the molecule is O=Cc1c(SCCCCCC(=O)O)nc(C2OCCO2)n1Cc1cc2c(cc1Cl)OCO2. The van der Waals surface area contributed by atoms with E-state index in [9.17, 15) is 9.59 Å². The molecule has 1 fully saturated rings. The molecule has 0 bridgehead atoms. The number of unbranched alkanes of at least 4 members (excludes halogenated alkanes) is 2. The van der Waals surface area contributed by atoms with E-state index >= 15 is 0 Å². The molecule has 0 saturated carbocycles. The second-order valence-electron chi connectivity index (χ2n) is 7.29. The predicted octanol–water partition coefficient (Wildman–Crippen LogP) is 3.91. The third-order valence-electron chi connectivity index (χ3n) is 5.09. The lowest BCUT2D eigenvalue weighted by molar-refractivity contribution is -0.137. The van der Waals surface area contributed by atoms with Crippen molar-refractivity contribution in [1.29, 1.82) is 0 Å². The van der Waals surface area contributed by atoms with E-state index in [1.54, 1.807) is 16.7 Å². The smallest absolute Gasteiger partial charge is 0.303 e. The van der Waals surface area contributed by atoms with Gasteiger partial charge in [-0.25, -0.2) is 4.98 Å². The minimum absolute atomic E-state index is 0.141. The van der Waals surface area contributed by atoms with Crippen LogP contribution in [-0.2, 0) is 20.8 Å². The third-order valence-corrected chi connectivity index (χ3v) is 6.51. The fourth-order valence-corrected chi connectivity index (χ4v) is 4.73. The molecular formula is C21H23ClN2O7S. The fraction of sp³-hybridized carbons (Fsp3) is 0.476. The maximum atomic E-state index is 12.1. The predicted molar refractivity (Wildman–Crippen MR) is 116 cm³/mol. The summed E-state index contributed by atoms with van der Waals surface area (Å²) < 4.78 is 23.9. The molecule has 0 amide bonds. The number of fused-ring (bicyclic) bond motifs is 1. The highest BCUT2D eigenvalue weighted by atomic mass is 35.5. The number of benzene rings is 1. The number of carboxylic acid groups (broad SMARTS) is 1. The Balaban J connectivity index is 1.55. The van der Waals surface area contributed by atoms with Crippen LogP contribution in [0.1, 0.15) is 53.8 Å². The number of aliphatic carboxylic acids is 1. The number of halogens is 1. The number of hydrogen-bond donors (Lipinski definition) is 1. The summed E-state index contributed by atoms with van der Waals surface area (Å²) in [5.41, 5.74) is 1.17. The zero-order valence-electron chi connectivity index (χ0n) is 17.3. The van der Waals surface area contributed by atoms with Crippen LogP contribution in [0, 0.1) is 0 Å². The molecule has 0 radical (unpaired) electrons. The molecule has 1 aromatic heterocycles. The lowest BCUT2D eigenvalue weighted by atomic mass is 10.2. The fourth-order valence-electron chi connectivity index (χ4n) is 3.51. The summed E-state index contributed by atoms with van der Waals surface area (Å²) in [4.78, 5) is 27.3. The largest absolute Gasteiger partial charge is 0.481 e. The average molecular weight is 483 g/mol. The van der Waals surface area contributed by atoms with Crippen molar-refractivity contribution in [3.05, 3.63) is 34.2 Å². The van der Waals surface area contributed by atoms with Crippen molar-refractivity contribution < 1.29 is 33.6 Å². The molecule has 1 saturated heterocycles. The van der Waals surface area contributed by atoms with Crippen LogP contribution in [0.4, 0.5) is 0 Å². The second kappa shape index (κ2) is 10.6. The number of ether oxygens (including phenoxy) is 4. The molecule has 1 N–H and O–H groups in total. The van der Waals surface area contributed by atoms with E-state index in [-0.39, 0.29) is 19.8 Å². The van der Waals surface area contributed by atoms with Crippen LogP contribution >= 0.6 is 23.4 Å². The van der Waals surface area contributed by atoms with Gasteiger partial charge < -0.3 is 28.6 Å². The molecule has 3 heterocycles. The van der Waals surface area contributed by atoms with Crippen molar-refractivity contribution in [2.45, 2.75) is 43.5 Å². The quantitative estimate of drug-likeness (QED) is 0.289. The molecule has 0 spiro atoms. The molecular weight excluding hydrogens is 460 g/mol. The third kappa shape index (κ3) is 5.20. The molecule has 0 aliphatic carbocycles. The van der Waals surface area contributed by atoms with Crippen molar-refractivity contribution in [3.63, 3.8) is 0 Å². The number of hydrogen-bond acceptors (Lipinski definition) is 8. The molecule has 2 aliphatic rings. The molecule has 11 heteroatoms. The summed E-state index contributed by atoms with van der Waals surface area (Å²) in [5.74, 6) is 1.62. The number of nitrogens with zero attached hydrogens (tertiary/aromatic N) is 2. The maximum absolute atomic E-state index is 12.1. The van der Waals surface area contributed by atoms with E-state index in [0.29, 0.717) is 58.5 Å². The summed E-state index contributed by atoms with van der Waals surface area (Å²) in [6, 6.07) is 3.50. The van der Waals surface area contributed by atoms with Crippen LogP contribution in [0.3, 0.4) is 0 Å². The van der Waals surface area contributed by atoms with Crippen LogP contribution < -0.4 is 9.47 Å². The minimum Gasteiger partial charge on any atom is -0.481 e. The zero-order chi connectivity index (χ0) is 22.5. The number of carbonyl (C=O) groups is 2. The number of carboxylic acids is 1. The Hall–Kier alpha value is -2.27. The first-order chi connectivity index (χ1) is 15.6. The highest BCUT2D eigenvalue weighted by Crippen LogP contribution is 2.38. The second-order valence-corrected chi connectivity index (χ2v) is 8.78. The van der Waals surface area contributed by atoms with Crippen molar-refractivity contribution in [2.24, 2.45) is 0 Å². The normalized spacial score (nSPS) is 15.4. The Morgan fingerprint density at radius 3 is 2.69 bits per heavy atom. The summed E-state index contributed by atoms with van der Waals surface area (Å²) in [6.07, 6.45) is 2.52. The van der Waals surface area contributed by atoms with Crippen LogP contribution in [0.2, 0.25) is 5.02 Å². The highest BCUT2D eigenvalue weighted by Gasteiger charge is 2.29. The minimum atomic E-state index is -0.789. The van der Waals surface area contributed by atoms with Gasteiger partial charge in [0, 0.05) is 17.5 Å². The van der Waals surface area contributed by atoms with Crippen molar-refractivity contribution in [2.75, 3.05) is 25.8 Å². The molecule has 2 aliphatic heterocycles. The van der Waals surface area contributed by atoms with Gasteiger partial charge >= 0.3 is 5.97 Å². The van der Waals surface area contributed by atoms with Crippen LogP contribution in [0.5, 0.6) is 11.5 Å². The number of rotatable bonds is 11. The van der Waals surface area contributed by atoms with Crippen molar-refractivity contribution >= 4 is 35.6 Å². The monoisotopic (exact) mass is 482 g/mol. The number of imidazole rings is 1. The van der Waals surface area contributed by atoms with Gasteiger partial charge in [-0.2, -0.15) is 0 Å². The number of carbonyl (C=O) groups excluding carboxylic acids is 1. The first-order valence-corrected chi connectivity index (χ1v) is 11.6. The Kier molecular flexibility index (Phi) is 7.56. The van der Waals surface area contributed by atoms with E-state index in [4.69, 9.17) is 35.7 Å². The molecule has 172 valence electrons. The molecule has 1 aromatic carbocycles. The van der Waals surface area contributed by atoms with Crippen LogP contribution in [0.15, 0.2) is 17.2 Å². The summed E-state index contributed by atoms with van der Waals surface area (Å²) >= 11 is 7.92.